The van der Waals surface area contributed by atoms with Gasteiger partial charge < -0.3 is 24.4 Å². The van der Waals surface area contributed by atoms with Crippen LogP contribution in [0.2, 0.25) is 0 Å². The van der Waals surface area contributed by atoms with Crippen LogP contribution < -0.4 is 10.1 Å². The van der Waals surface area contributed by atoms with Crippen molar-refractivity contribution in [2.45, 2.75) is 26.7 Å². The van der Waals surface area contributed by atoms with Crippen molar-refractivity contribution in [3.05, 3.63) is 94.8 Å². The molecule has 3 aromatic carbocycles. The quantitative estimate of drug-likeness (QED) is 0.476. The molecule has 0 atom stereocenters. The van der Waals surface area contributed by atoms with Crippen molar-refractivity contribution in [2.75, 3.05) is 25.1 Å². The first-order valence-corrected chi connectivity index (χ1v) is 11.4. The molecule has 8 heteroatoms. The van der Waals surface area contributed by atoms with Gasteiger partial charge in [-0.2, -0.15) is 0 Å². The van der Waals surface area contributed by atoms with Crippen molar-refractivity contribution < 1.29 is 28.2 Å². The van der Waals surface area contributed by atoms with E-state index in [4.69, 9.17) is 14.2 Å². The van der Waals surface area contributed by atoms with Gasteiger partial charge >= 0.3 is 12.0 Å². The number of nitrogens with zero attached hydrogens (tertiary/aromatic N) is 1. The Hall–Kier alpha value is -3.91. The number of fused-ring (bicyclic) bond motifs is 1. The average Bonchev–Trinajstić information content (AvgIpc) is 3.07. The van der Waals surface area contributed by atoms with Crippen LogP contribution >= 0.6 is 0 Å². The fraction of sp³-hybridized carbons (Fsp3) is 0.259. The molecule has 182 valence electrons. The molecule has 1 heterocycles. The molecule has 1 N–H and O–H groups in total. The first kappa shape index (κ1) is 24.2. The van der Waals surface area contributed by atoms with E-state index in [0.717, 1.165) is 22.4 Å². The number of rotatable bonds is 7. The van der Waals surface area contributed by atoms with Gasteiger partial charge in [0.05, 0.1) is 38.5 Å². The minimum Gasteiger partial charge on any atom is -0.491 e. The van der Waals surface area contributed by atoms with E-state index in [-0.39, 0.29) is 11.8 Å². The Labute approximate surface area is 203 Å². The lowest BCUT2D eigenvalue weighted by Crippen LogP contribution is -2.36. The molecular formula is C27H27FN2O5. The first-order chi connectivity index (χ1) is 17.0. The van der Waals surface area contributed by atoms with Gasteiger partial charge in [0.15, 0.2) is 0 Å². The molecule has 0 spiro atoms. The van der Waals surface area contributed by atoms with Crippen molar-refractivity contribution in [2.24, 2.45) is 0 Å². The lowest BCUT2D eigenvalue weighted by atomic mass is 10.1. The minimum atomic E-state index is -0.401. The third-order valence-corrected chi connectivity index (χ3v) is 5.47. The van der Waals surface area contributed by atoms with Crippen molar-refractivity contribution in [1.82, 2.24) is 4.90 Å². The third-order valence-electron chi connectivity index (χ3n) is 5.47. The maximum atomic E-state index is 13.3. The number of amides is 2. The molecule has 0 saturated carbocycles. The number of nitrogens with one attached hydrogen (secondary N) is 1. The van der Waals surface area contributed by atoms with Crippen LogP contribution in [0, 0.1) is 5.82 Å². The van der Waals surface area contributed by atoms with Crippen LogP contribution in [0.3, 0.4) is 0 Å². The molecule has 2 amide bonds. The second-order valence-corrected chi connectivity index (χ2v) is 8.06. The lowest BCUT2D eigenvalue weighted by Gasteiger charge is -2.20. The normalized spacial score (nSPS) is 12.8. The molecular weight excluding hydrogens is 451 g/mol. The van der Waals surface area contributed by atoms with Gasteiger partial charge in [-0.3, -0.25) is 0 Å². The van der Waals surface area contributed by atoms with E-state index in [9.17, 15) is 14.0 Å². The highest BCUT2D eigenvalue weighted by atomic mass is 19.1. The number of ether oxygens (including phenoxy) is 3. The number of carbonyl (C=O) groups excluding carboxylic acids is 2. The summed E-state index contributed by atoms with van der Waals surface area (Å²) in [5.41, 5.74) is 3.57. The summed E-state index contributed by atoms with van der Waals surface area (Å²) < 4.78 is 29.9. The second kappa shape index (κ2) is 11.5. The van der Waals surface area contributed by atoms with E-state index in [0.29, 0.717) is 50.8 Å². The highest BCUT2D eigenvalue weighted by molar-refractivity contribution is 5.92. The Kier molecular flexibility index (Phi) is 7.95. The van der Waals surface area contributed by atoms with Crippen molar-refractivity contribution in [3.8, 4) is 5.75 Å². The van der Waals surface area contributed by atoms with Crippen LogP contribution in [0.15, 0.2) is 66.7 Å². The summed E-state index contributed by atoms with van der Waals surface area (Å²) in [6.07, 6.45) is 0. The third kappa shape index (κ3) is 6.58. The van der Waals surface area contributed by atoms with Gasteiger partial charge in [0, 0.05) is 11.3 Å². The molecule has 1 aliphatic rings. The summed E-state index contributed by atoms with van der Waals surface area (Å²) in [4.78, 5) is 26.4. The number of hydrogen-bond donors (Lipinski definition) is 1. The van der Waals surface area contributed by atoms with Gasteiger partial charge in [0.2, 0.25) is 0 Å². The van der Waals surface area contributed by atoms with Gasteiger partial charge in [-0.1, -0.05) is 18.2 Å². The fourth-order valence-electron chi connectivity index (χ4n) is 3.73. The van der Waals surface area contributed by atoms with Crippen molar-refractivity contribution in [1.29, 1.82) is 0 Å². The summed E-state index contributed by atoms with van der Waals surface area (Å²) in [6.45, 7) is 3.87. The zero-order valence-corrected chi connectivity index (χ0v) is 19.5. The topological polar surface area (TPSA) is 77.1 Å². The van der Waals surface area contributed by atoms with E-state index in [1.807, 2.05) is 24.3 Å². The van der Waals surface area contributed by atoms with Crippen LogP contribution in [0.1, 0.15) is 34.0 Å². The number of benzene rings is 3. The van der Waals surface area contributed by atoms with Crippen LogP contribution in [-0.2, 0) is 29.2 Å². The van der Waals surface area contributed by atoms with Gasteiger partial charge in [-0.15, -0.1) is 0 Å². The Morgan fingerprint density at radius 3 is 2.54 bits per heavy atom. The fourth-order valence-corrected chi connectivity index (χ4v) is 3.73. The van der Waals surface area contributed by atoms with E-state index in [1.165, 1.54) is 12.1 Å². The molecule has 4 rings (SSSR count). The van der Waals surface area contributed by atoms with Crippen LogP contribution in [-0.4, -0.2) is 36.7 Å². The zero-order valence-electron chi connectivity index (χ0n) is 19.5. The maximum absolute atomic E-state index is 13.3. The Balaban J connectivity index is 1.36. The molecule has 35 heavy (non-hydrogen) atoms. The van der Waals surface area contributed by atoms with Gasteiger partial charge in [-0.25, -0.2) is 14.0 Å². The first-order valence-electron chi connectivity index (χ1n) is 11.4. The highest BCUT2D eigenvalue weighted by Crippen LogP contribution is 2.25. The maximum Gasteiger partial charge on any atom is 0.338 e. The van der Waals surface area contributed by atoms with Crippen LogP contribution in [0.5, 0.6) is 5.75 Å². The SMILES string of the molecule is CCOC(=O)c1ccc(NC(=O)N2CCOc3ccc(COCc4cccc(F)c4)cc3C2)cc1. The van der Waals surface area contributed by atoms with Gasteiger partial charge in [0.25, 0.3) is 0 Å². The number of urea groups is 1. The van der Waals surface area contributed by atoms with Gasteiger partial charge in [0.1, 0.15) is 18.2 Å². The Morgan fingerprint density at radius 1 is 1.03 bits per heavy atom. The van der Waals surface area contributed by atoms with Crippen LogP contribution in [0.4, 0.5) is 14.9 Å². The highest BCUT2D eigenvalue weighted by Gasteiger charge is 2.20. The summed E-state index contributed by atoms with van der Waals surface area (Å²) in [6, 6.07) is 18.4. The average molecular weight is 479 g/mol. The number of esters is 1. The molecule has 3 aromatic rings. The smallest absolute Gasteiger partial charge is 0.338 e. The van der Waals surface area contributed by atoms with E-state index in [1.54, 1.807) is 42.2 Å². The molecule has 0 radical (unpaired) electrons. The number of halogens is 1. The Bertz CT molecular complexity index is 1180. The molecule has 0 unspecified atom stereocenters. The molecule has 0 fully saturated rings. The molecule has 0 aliphatic carbocycles. The van der Waals surface area contributed by atoms with E-state index < -0.39 is 5.97 Å². The summed E-state index contributed by atoms with van der Waals surface area (Å²) in [5.74, 6) is 0.0388. The summed E-state index contributed by atoms with van der Waals surface area (Å²) in [5, 5.41) is 2.86. The molecule has 0 aromatic heterocycles. The molecule has 0 bridgehead atoms. The summed E-state index contributed by atoms with van der Waals surface area (Å²) >= 11 is 0. The number of hydrogen-bond acceptors (Lipinski definition) is 5. The van der Waals surface area contributed by atoms with Gasteiger partial charge in [-0.05, 0) is 66.6 Å². The predicted molar refractivity (Wildman–Crippen MR) is 129 cm³/mol. The minimum absolute atomic E-state index is 0.266. The van der Waals surface area contributed by atoms with Crippen LogP contribution in [0.25, 0.3) is 0 Å². The Morgan fingerprint density at radius 2 is 1.80 bits per heavy atom. The molecule has 7 nitrogen and oxygen atoms in total. The number of carbonyl (C=O) groups is 2. The van der Waals surface area contributed by atoms with Crippen molar-refractivity contribution >= 4 is 17.7 Å². The van der Waals surface area contributed by atoms with E-state index in [2.05, 4.69) is 5.32 Å². The summed E-state index contributed by atoms with van der Waals surface area (Å²) in [7, 11) is 0. The molecule has 0 saturated heterocycles. The van der Waals surface area contributed by atoms with E-state index >= 15 is 0 Å². The largest absolute Gasteiger partial charge is 0.491 e. The number of anilines is 1. The second-order valence-electron chi connectivity index (χ2n) is 8.06. The molecule has 1 aliphatic heterocycles. The monoisotopic (exact) mass is 478 g/mol. The van der Waals surface area contributed by atoms with Crippen molar-refractivity contribution in [3.63, 3.8) is 0 Å². The predicted octanol–water partition coefficient (Wildman–Crippen LogP) is 5.15. The zero-order chi connectivity index (χ0) is 24.6. The standard InChI is InChI=1S/C27H27FN2O5/c1-2-34-26(31)21-7-9-24(10-8-21)29-27(32)30-12-13-35-25-11-6-20(14-22(25)16-30)18-33-17-19-4-3-5-23(28)15-19/h3-11,14-15H,2,12-13,16-18H2,1H3,(H,29,32). The lowest BCUT2D eigenvalue weighted by molar-refractivity contribution is 0.0526.